The molecule has 1 saturated heterocycles. The lowest BCUT2D eigenvalue weighted by atomic mass is 10.3. The molecule has 114 valence electrons. The minimum atomic E-state index is -4.42. The Morgan fingerprint density at radius 3 is 2.26 bits per heavy atom. The first-order valence-electron chi connectivity index (χ1n) is 5.31. The van der Waals surface area contributed by atoms with Gasteiger partial charge < -0.3 is 0 Å². The van der Waals surface area contributed by atoms with Crippen molar-refractivity contribution in [3.05, 3.63) is 0 Å². The molecule has 1 fully saturated rings. The van der Waals surface area contributed by atoms with E-state index in [1.165, 1.54) is 0 Å². The Morgan fingerprint density at radius 1 is 1.26 bits per heavy atom. The molecule has 1 N–H and O–H groups in total. The van der Waals surface area contributed by atoms with Crippen molar-refractivity contribution in [3.8, 4) is 0 Å². The molecule has 0 aromatic rings. The van der Waals surface area contributed by atoms with Gasteiger partial charge >= 0.3 is 6.18 Å². The van der Waals surface area contributed by atoms with Crippen LogP contribution in [-0.2, 0) is 19.9 Å². The van der Waals surface area contributed by atoms with Crippen molar-refractivity contribution in [2.24, 2.45) is 0 Å². The predicted molar refractivity (Wildman–Crippen MR) is 64.3 cm³/mol. The molecule has 0 spiro atoms. The summed E-state index contributed by atoms with van der Waals surface area (Å²) in [6.07, 6.45) is -6.20. The highest BCUT2D eigenvalue weighted by Crippen LogP contribution is 2.22. The van der Waals surface area contributed by atoms with Gasteiger partial charge in [0.2, 0.25) is 10.0 Å². The Labute approximate surface area is 114 Å². The third kappa shape index (κ3) is 6.28. The van der Waals surface area contributed by atoms with E-state index < -0.39 is 61.8 Å². The van der Waals surface area contributed by atoms with Crippen LogP contribution >= 0.6 is 11.6 Å². The molecule has 0 aromatic heterocycles. The Morgan fingerprint density at radius 2 is 1.84 bits per heavy atom. The number of hydrogen-bond acceptors (Lipinski definition) is 4. The van der Waals surface area contributed by atoms with Crippen LogP contribution in [-0.4, -0.2) is 51.7 Å². The monoisotopic (exact) mass is 343 g/mol. The van der Waals surface area contributed by atoms with E-state index in [1.807, 2.05) is 4.72 Å². The molecule has 0 saturated carbocycles. The van der Waals surface area contributed by atoms with Crippen molar-refractivity contribution in [2.45, 2.75) is 30.4 Å². The van der Waals surface area contributed by atoms with Gasteiger partial charge in [-0.3, -0.25) is 0 Å². The van der Waals surface area contributed by atoms with Gasteiger partial charge in [0.25, 0.3) is 0 Å². The maximum Gasteiger partial charge on any atom is 0.389 e. The summed E-state index contributed by atoms with van der Waals surface area (Å²) >= 11 is 5.69. The molecule has 19 heavy (non-hydrogen) atoms. The predicted octanol–water partition coefficient (Wildman–Crippen LogP) is 0.653. The second kappa shape index (κ2) is 5.74. The second-order valence-electron chi connectivity index (χ2n) is 4.35. The fourth-order valence-electron chi connectivity index (χ4n) is 1.66. The molecule has 1 aliphatic rings. The topological polar surface area (TPSA) is 80.3 Å². The van der Waals surface area contributed by atoms with Gasteiger partial charge in [0.15, 0.2) is 9.84 Å². The standard InChI is InChI=1S/C8H13ClF3NO4S2/c9-6-4-18(14,15)5-7(6)13-19(16,17)3-1-2-8(10,11)12/h6-7,13H,1-5H2. The van der Waals surface area contributed by atoms with Crippen LogP contribution in [0.15, 0.2) is 0 Å². The maximum absolute atomic E-state index is 11.9. The van der Waals surface area contributed by atoms with Crippen LogP contribution in [0.25, 0.3) is 0 Å². The van der Waals surface area contributed by atoms with Crippen molar-refractivity contribution in [1.29, 1.82) is 0 Å². The molecule has 0 bridgehead atoms. The van der Waals surface area contributed by atoms with Gasteiger partial charge in [0.1, 0.15) is 0 Å². The lowest BCUT2D eigenvalue weighted by Crippen LogP contribution is -2.41. The van der Waals surface area contributed by atoms with Crippen LogP contribution in [0.3, 0.4) is 0 Å². The molecular formula is C8H13ClF3NO4S2. The molecule has 11 heteroatoms. The fourth-order valence-corrected chi connectivity index (χ4v) is 5.75. The molecule has 2 unspecified atom stereocenters. The molecule has 5 nitrogen and oxygen atoms in total. The number of hydrogen-bond donors (Lipinski definition) is 1. The van der Waals surface area contributed by atoms with Crippen molar-refractivity contribution in [1.82, 2.24) is 4.72 Å². The molecule has 1 rings (SSSR count). The van der Waals surface area contributed by atoms with Crippen LogP contribution < -0.4 is 4.72 Å². The first-order valence-corrected chi connectivity index (χ1v) is 9.22. The quantitative estimate of drug-likeness (QED) is 0.743. The highest BCUT2D eigenvalue weighted by molar-refractivity contribution is 7.92. The first kappa shape index (κ1) is 17.0. The highest BCUT2D eigenvalue weighted by Gasteiger charge is 2.38. The number of alkyl halides is 4. The van der Waals surface area contributed by atoms with Crippen molar-refractivity contribution < 1.29 is 30.0 Å². The smallest absolute Gasteiger partial charge is 0.229 e. The summed E-state index contributed by atoms with van der Waals surface area (Å²) in [4.78, 5) is 0. The normalized spacial score (nSPS) is 27.6. The summed E-state index contributed by atoms with van der Waals surface area (Å²) in [5.74, 6) is -1.49. The van der Waals surface area contributed by atoms with Gasteiger partial charge in [0.05, 0.1) is 28.7 Å². The summed E-state index contributed by atoms with van der Waals surface area (Å²) in [5.41, 5.74) is 0. The fraction of sp³-hybridized carbons (Fsp3) is 1.00. The zero-order chi connectivity index (χ0) is 14.9. The third-order valence-corrected chi connectivity index (χ3v) is 6.35. The summed E-state index contributed by atoms with van der Waals surface area (Å²) in [7, 11) is -7.37. The molecule has 0 amide bonds. The van der Waals surface area contributed by atoms with E-state index in [-0.39, 0.29) is 5.75 Å². The number of nitrogens with one attached hydrogen (secondary N) is 1. The minimum absolute atomic E-state index is 0.343. The van der Waals surface area contributed by atoms with Crippen LogP contribution in [0.4, 0.5) is 13.2 Å². The van der Waals surface area contributed by atoms with Crippen molar-refractivity contribution >= 4 is 31.5 Å². The van der Waals surface area contributed by atoms with Gasteiger partial charge in [-0.2, -0.15) is 13.2 Å². The average Bonchev–Trinajstić information content (AvgIpc) is 2.35. The Bertz CT molecular complexity index is 517. The van der Waals surface area contributed by atoms with E-state index in [1.54, 1.807) is 0 Å². The van der Waals surface area contributed by atoms with E-state index in [0.717, 1.165) is 0 Å². The summed E-state index contributed by atoms with van der Waals surface area (Å²) in [6.45, 7) is 0. The van der Waals surface area contributed by atoms with Crippen LogP contribution in [0.1, 0.15) is 12.8 Å². The maximum atomic E-state index is 11.9. The van der Waals surface area contributed by atoms with Crippen LogP contribution in [0.2, 0.25) is 0 Å². The molecule has 1 aliphatic heterocycles. The largest absolute Gasteiger partial charge is 0.389 e. The van der Waals surface area contributed by atoms with Gasteiger partial charge in [0, 0.05) is 6.42 Å². The summed E-state index contributed by atoms with van der Waals surface area (Å²) < 4.78 is 83.1. The number of halogens is 4. The number of sulfone groups is 1. The van der Waals surface area contributed by atoms with Gasteiger partial charge in [-0.25, -0.2) is 21.6 Å². The van der Waals surface area contributed by atoms with Gasteiger partial charge in [-0.15, -0.1) is 11.6 Å². The van der Waals surface area contributed by atoms with Crippen molar-refractivity contribution in [2.75, 3.05) is 17.3 Å². The molecule has 0 aromatic carbocycles. The van der Waals surface area contributed by atoms with Crippen LogP contribution in [0.5, 0.6) is 0 Å². The molecule has 1 heterocycles. The van der Waals surface area contributed by atoms with E-state index >= 15 is 0 Å². The molecular weight excluding hydrogens is 331 g/mol. The third-order valence-electron chi connectivity index (χ3n) is 2.49. The van der Waals surface area contributed by atoms with Crippen LogP contribution in [0, 0.1) is 0 Å². The Balaban J connectivity index is 2.52. The van der Waals surface area contributed by atoms with E-state index in [2.05, 4.69) is 0 Å². The average molecular weight is 344 g/mol. The SMILES string of the molecule is O=S1(=O)CC(Cl)C(NS(=O)(=O)CCCC(F)(F)F)C1. The Hall–Kier alpha value is -0.0600. The highest BCUT2D eigenvalue weighted by atomic mass is 35.5. The van der Waals surface area contributed by atoms with E-state index in [9.17, 15) is 30.0 Å². The molecule has 0 radical (unpaired) electrons. The van der Waals surface area contributed by atoms with Gasteiger partial charge in [-0.05, 0) is 6.42 Å². The first-order chi connectivity index (χ1) is 8.40. The molecule has 0 aliphatic carbocycles. The van der Waals surface area contributed by atoms with Gasteiger partial charge in [-0.1, -0.05) is 0 Å². The van der Waals surface area contributed by atoms with E-state index in [4.69, 9.17) is 11.6 Å². The Kier molecular flexibility index (Phi) is 5.14. The zero-order valence-electron chi connectivity index (χ0n) is 9.65. The van der Waals surface area contributed by atoms with E-state index in [0.29, 0.717) is 0 Å². The summed E-state index contributed by atoms with van der Waals surface area (Å²) in [5, 5.41) is -0.901. The number of rotatable bonds is 5. The zero-order valence-corrected chi connectivity index (χ0v) is 12.0. The molecule has 2 atom stereocenters. The van der Waals surface area contributed by atoms with Crippen molar-refractivity contribution in [3.63, 3.8) is 0 Å². The minimum Gasteiger partial charge on any atom is -0.229 e. The lowest BCUT2D eigenvalue weighted by Gasteiger charge is -2.14. The lowest BCUT2D eigenvalue weighted by molar-refractivity contribution is -0.134. The summed E-state index contributed by atoms with van der Waals surface area (Å²) in [6, 6.07) is -0.984. The number of sulfonamides is 1. The second-order valence-corrected chi connectivity index (χ2v) is 8.94.